The molecular weight excluding hydrogens is 192 g/mol. The number of methoxy groups -OCH3 is 1. The van der Waals surface area contributed by atoms with E-state index in [0.29, 0.717) is 18.9 Å². The zero-order chi connectivity index (χ0) is 11.3. The smallest absolute Gasteiger partial charge is 0.223 e. The molecule has 15 heavy (non-hydrogen) atoms. The van der Waals surface area contributed by atoms with Crippen LogP contribution in [0.4, 0.5) is 0 Å². The van der Waals surface area contributed by atoms with Crippen molar-refractivity contribution >= 4 is 5.91 Å². The Kier molecular flexibility index (Phi) is 5.05. The molecule has 1 aliphatic heterocycles. The summed E-state index contributed by atoms with van der Waals surface area (Å²) in [5, 5.41) is 3.28. The summed E-state index contributed by atoms with van der Waals surface area (Å²) in [6, 6.07) is 0.204. The van der Waals surface area contributed by atoms with Crippen LogP contribution in [0.3, 0.4) is 0 Å². The zero-order valence-corrected chi connectivity index (χ0v) is 9.95. The van der Waals surface area contributed by atoms with Crippen LogP contribution in [0.1, 0.15) is 20.3 Å². The van der Waals surface area contributed by atoms with Crippen LogP contribution in [0.25, 0.3) is 0 Å². The van der Waals surface area contributed by atoms with Crippen LogP contribution in [0.5, 0.6) is 0 Å². The lowest BCUT2D eigenvalue weighted by Gasteiger charge is -2.36. The summed E-state index contributed by atoms with van der Waals surface area (Å²) in [5.74, 6) is 0.684. The molecule has 1 unspecified atom stereocenters. The number of nitrogens with zero attached hydrogens (tertiary/aromatic N) is 1. The van der Waals surface area contributed by atoms with Gasteiger partial charge in [-0.25, -0.2) is 0 Å². The summed E-state index contributed by atoms with van der Waals surface area (Å²) < 4.78 is 5.13. The number of hydrogen-bond acceptors (Lipinski definition) is 3. The van der Waals surface area contributed by atoms with Crippen LogP contribution in [-0.2, 0) is 9.53 Å². The van der Waals surface area contributed by atoms with E-state index in [4.69, 9.17) is 4.74 Å². The van der Waals surface area contributed by atoms with Gasteiger partial charge in [-0.15, -0.1) is 0 Å². The van der Waals surface area contributed by atoms with Crippen molar-refractivity contribution in [2.75, 3.05) is 33.4 Å². The molecule has 1 amide bonds. The van der Waals surface area contributed by atoms with E-state index in [9.17, 15) is 4.79 Å². The lowest BCUT2D eigenvalue weighted by Crippen LogP contribution is -2.55. The number of hydrogen-bond donors (Lipinski definition) is 1. The largest absolute Gasteiger partial charge is 0.382 e. The van der Waals surface area contributed by atoms with Gasteiger partial charge in [-0.3, -0.25) is 4.79 Å². The summed E-state index contributed by atoms with van der Waals surface area (Å²) >= 11 is 0. The fourth-order valence-corrected chi connectivity index (χ4v) is 1.90. The van der Waals surface area contributed by atoms with Crippen molar-refractivity contribution in [3.63, 3.8) is 0 Å². The van der Waals surface area contributed by atoms with Crippen LogP contribution in [0.2, 0.25) is 0 Å². The van der Waals surface area contributed by atoms with Gasteiger partial charge in [0.05, 0.1) is 12.6 Å². The molecule has 1 rings (SSSR count). The van der Waals surface area contributed by atoms with Gasteiger partial charge >= 0.3 is 0 Å². The molecule has 1 saturated heterocycles. The molecule has 1 aliphatic rings. The second-order valence-corrected chi connectivity index (χ2v) is 4.50. The lowest BCUT2D eigenvalue weighted by atomic mass is 10.1. The Bertz CT molecular complexity index is 205. The monoisotopic (exact) mass is 214 g/mol. The molecule has 1 fully saturated rings. The Morgan fingerprint density at radius 2 is 2.33 bits per heavy atom. The standard InChI is InChI=1S/C11H22N2O2/c1-9(2)6-11(14)13-5-4-12-7-10(13)8-15-3/h9-10,12H,4-8H2,1-3H3. The van der Waals surface area contributed by atoms with Crippen LogP contribution in [0, 0.1) is 5.92 Å². The van der Waals surface area contributed by atoms with Gasteiger partial charge in [0.2, 0.25) is 5.91 Å². The molecule has 0 radical (unpaired) electrons. The molecule has 1 N–H and O–H groups in total. The van der Waals surface area contributed by atoms with E-state index in [1.807, 2.05) is 4.90 Å². The van der Waals surface area contributed by atoms with Crippen LogP contribution < -0.4 is 5.32 Å². The summed E-state index contributed by atoms with van der Waals surface area (Å²) in [6.45, 7) is 7.31. The average molecular weight is 214 g/mol. The number of carbonyl (C=O) groups excluding carboxylic acids is 1. The van der Waals surface area contributed by atoms with Gasteiger partial charge < -0.3 is 15.0 Å². The van der Waals surface area contributed by atoms with Crippen molar-refractivity contribution in [1.82, 2.24) is 10.2 Å². The normalized spacial score (nSPS) is 22.1. The molecule has 0 aromatic carbocycles. The van der Waals surface area contributed by atoms with Gasteiger partial charge in [-0.05, 0) is 5.92 Å². The van der Waals surface area contributed by atoms with Crippen molar-refractivity contribution in [3.05, 3.63) is 0 Å². The van der Waals surface area contributed by atoms with Crippen LogP contribution in [-0.4, -0.2) is 50.2 Å². The molecule has 4 nitrogen and oxygen atoms in total. The van der Waals surface area contributed by atoms with Crippen molar-refractivity contribution in [2.45, 2.75) is 26.3 Å². The number of rotatable bonds is 4. The molecule has 0 aliphatic carbocycles. The molecular formula is C11H22N2O2. The zero-order valence-electron chi connectivity index (χ0n) is 9.95. The third-order valence-electron chi connectivity index (χ3n) is 2.61. The topological polar surface area (TPSA) is 41.6 Å². The number of piperazine rings is 1. The number of amides is 1. The highest BCUT2D eigenvalue weighted by molar-refractivity contribution is 5.76. The molecule has 0 aromatic rings. The minimum absolute atomic E-state index is 0.204. The first-order valence-electron chi connectivity index (χ1n) is 5.64. The van der Waals surface area contributed by atoms with E-state index in [1.54, 1.807) is 7.11 Å². The molecule has 4 heteroatoms. The second kappa shape index (κ2) is 6.08. The van der Waals surface area contributed by atoms with Crippen LogP contribution >= 0.6 is 0 Å². The van der Waals surface area contributed by atoms with Crippen molar-refractivity contribution in [2.24, 2.45) is 5.92 Å². The Morgan fingerprint density at radius 1 is 1.60 bits per heavy atom. The molecule has 1 heterocycles. The summed E-state index contributed by atoms with van der Waals surface area (Å²) in [4.78, 5) is 13.9. The Morgan fingerprint density at radius 3 is 2.93 bits per heavy atom. The highest BCUT2D eigenvalue weighted by atomic mass is 16.5. The third kappa shape index (κ3) is 3.80. The average Bonchev–Trinajstić information content (AvgIpc) is 2.18. The first-order valence-corrected chi connectivity index (χ1v) is 5.64. The number of nitrogens with one attached hydrogen (secondary N) is 1. The maximum absolute atomic E-state index is 11.9. The van der Waals surface area contributed by atoms with Crippen molar-refractivity contribution in [3.8, 4) is 0 Å². The van der Waals surface area contributed by atoms with E-state index < -0.39 is 0 Å². The van der Waals surface area contributed by atoms with E-state index >= 15 is 0 Å². The van der Waals surface area contributed by atoms with E-state index in [1.165, 1.54) is 0 Å². The van der Waals surface area contributed by atoms with E-state index in [-0.39, 0.29) is 11.9 Å². The molecule has 0 saturated carbocycles. The molecule has 0 bridgehead atoms. The molecule has 0 spiro atoms. The van der Waals surface area contributed by atoms with Gasteiger partial charge in [0.15, 0.2) is 0 Å². The fraction of sp³-hybridized carbons (Fsp3) is 0.909. The quantitative estimate of drug-likeness (QED) is 0.740. The minimum atomic E-state index is 0.204. The summed E-state index contributed by atoms with van der Waals surface area (Å²) in [5.41, 5.74) is 0. The van der Waals surface area contributed by atoms with Gasteiger partial charge in [-0.2, -0.15) is 0 Å². The molecule has 0 aromatic heterocycles. The number of ether oxygens (including phenoxy) is 1. The summed E-state index contributed by atoms with van der Waals surface area (Å²) in [7, 11) is 1.68. The van der Waals surface area contributed by atoms with E-state index in [0.717, 1.165) is 19.6 Å². The van der Waals surface area contributed by atoms with Gasteiger partial charge in [0, 0.05) is 33.2 Å². The predicted molar refractivity (Wildman–Crippen MR) is 59.7 cm³/mol. The van der Waals surface area contributed by atoms with Crippen molar-refractivity contribution in [1.29, 1.82) is 0 Å². The number of carbonyl (C=O) groups is 1. The molecule has 1 atom stereocenters. The Labute approximate surface area is 92.0 Å². The maximum atomic E-state index is 11.9. The highest BCUT2D eigenvalue weighted by Gasteiger charge is 2.26. The maximum Gasteiger partial charge on any atom is 0.223 e. The van der Waals surface area contributed by atoms with Gasteiger partial charge in [-0.1, -0.05) is 13.8 Å². The lowest BCUT2D eigenvalue weighted by molar-refractivity contribution is -0.136. The Balaban J connectivity index is 2.51. The second-order valence-electron chi connectivity index (χ2n) is 4.50. The SMILES string of the molecule is COCC1CNCCN1C(=O)CC(C)C. The first kappa shape index (κ1) is 12.5. The summed E-state index contributed by atoms with van der Waals surface area (Å²) in [6.07, 6.45) is 0.639. The Hall–Kier alpha value is -0.610. The highest BCUT2D eigenvalue weighted by Crippen LogP contribution is 2.10. The third-order valence-corrected chi connectivity index (χ3v) is 2.61. The minimum Gasteiger partial charge on any atom is -0.382 e. The first-order chi connectivity index (χ1) is 7.15. The van der Waals surface area contributed by atoms with Crippen molar-refractivity contribution < 1.29 is 9.53 Å². The van der Waals surface area contributed by atoms with Gasteiger partial charge in [0.25, 0.3) is 0 Å². The van der Waals surface area contributed by atoms with E-state index in [2.05, 4.69) is 19.2 Å². The van der Waals surface area contributed by atoms with Crippen LogP contribution in [0.15, 0.2) is 0 Å². The predicted octanol–water partition coefficient (Wildman–Crippen LogP) is 0.479. The van der Waals surface area contributed by atoms with Gasteiger partial charge in [0.1, 0.15) is 0 Å². The molecule has 88 valence electrons. The fourth-order valence-electron chi connectivity index (χ4n) is 1.90.